The summed E-state index contributed by atoms with van der Waals surface area (Å²) in [6.45, 7) is 0. The Kier molecular flexibility index (Phi) is 3.48. The third-order valence-corrected chi connectivity index (χ3v) is 4.18. The molecule has 0 spiro atoms. The van der Waals surface area contributed by atoms with Gasteiger partial charge in [-0.3, -0.25) is 0 Å². The van der Waals surface area contributed by atoms with Gasteiger partial charge in [-0.1, -0.05) is 42.1 Å². The smallest absolute Gasteiger partial charge is 0.259 e. The molecule has 2 aromatic rings. The van der Waals surface area contributed by atoms with Crippen LogP contribution in [-0.2, 0) is 5.54 Å². The summed E-state index contributed by atoms with van der Waals surface area (Å²) < 4.78 is 18.7. The van der Waals surface area contributed by atoms with Gasteiger partial charge in [0.2, 0.25) is 0 Å². The highest BCUT2D eigenvalue weighted by Crippen LogP contribution is 2.35. The van der Waals surface area contributed by atoms with Gasteiger partial charge in [-0.15, -0.1) is 0 Å². The van der Waals surface area contributed by atoms with Gasteiger partial charge in [0, 0.05) is 0 Å². The maximum Gasteiger partial charge on any atom is 0.259 e. The fourth-order valence-electron chi connectivity index (χ4n) is 2.61. The van der Waals surface area contributed by atoms with Gasteiger partial charge in [-0.25, -0.2) is 4.39 Å². The molecule has 1 saturated carbocycles. The highest BCUT2D eigenvalue weighted by Gasteiger charge is 2.34. The van der Waals surface area contributed by atoms with Crippen LogP contribution in [0, 0.1) is 5.82 Å². The average molecular weight is 296 g/mol. The summed E-state index contributed by atoms with van der Waals surface area (Å²) in [6.07, 6.45) is 4.97. The molecule has 0 atom stereocenters. The van der Waals surface area contributed by atoms with E-state index < -0.39 is 11.4 Å². The molecule has 1 aliphatic carbocycles. The van der Waals surface area contributed by atoms with Gasteiger partial charge in [-0.05, 0) is 25.0 Å². The summed E-state index contributed by atoms with van der Waals surface area (Å²) in [6, 6.07) is 4.49. The summed E-state index contributed by atoms with van der Waals surface area (Å²) in [4.78, 5) is 4.32. The van der Waals surface area contributed by atoms with Crippen molar-refractivity contribution in [2.75, 3.05) is 0 Å². The van der Waals surface area contributed by atoms with Crippen molar-refractivity contribution in [3.63, 3.8) is 0 Å². The molecule has 1 heterocycles. The van der Waals surface area contributed by atoms with Crippen molar-refractivity contribution in [1.29, 1.82) is 0 Å². The zero-order valence-electron chi connectivity index (χ0n) is 10.9. The van der Waals surface area contributed by atoms with Crippen molar-refractivity contribution in [2.24, 2.45) is 5.73 Å². The van der Waals surface area contributed by atoms with Gasteiger partial charge in [0.25, 0.3) is 5.89 Å². The molecule has 6 heteroatoms. The second kappa shape index (κ2) is 5.14. The van der Waals surface area contributed by atoms with E-state index in [1.165, 1.54) is 12.5 Å². The molecule has 20 heavy (non-hydrogen) atoms. The van der Waals surface area contributed by atoms with Gasteiger partial charge < -0.3 is 10.3 Å². The summed E-state index contributed by atoms with van der Waals surface area (Å²) >= 11 is 5.92. The van der Waals surface area contributed by atoms with Crippen LogP contribution in [0.1, 0.15) is 37.9 Å². The molecule has 0 saturated heterocycles. The topological polar surface area (TPSA) is 64.9 Å². The molecular weight excluding hydrogens is 281 g/mol. The Morgan fingerprint density at radius 3 is 2.75 bits per heavy atom. The lowest BCUT2D eigenvalue weighted by Crippen LogP contribution is -2.39. The normalized spacial score (nSPS) is 18.1. The number of nitrogens with two attached hydrogens (primary N) is 1. The van der Waals surface area contributed by atoms with E-state index in [0.717, 1.165) is 25.7 Å². The van der Waals surface area contributed by atoms with Gasteiger partial charge in [0.1, 0.15) is 5.82 Å². The molecule has 1 aliphatic rings. The third-order valence-electron chi connectivity index (χ3n) is 3.80. The Labute approximate surface area is 121 Å². The number of rotatable bonds is 2. The molecule has 0 bridgehead atoms. The molecule has 1 aromatic carbocycles. The number of benzene rings is 1. The summed E-state index contributed by atoms with van der Waals surface area (Å²) in [5.74, 6) is 0.177. The summed E-state index contributed by atoms with van der Waals surface area (Å²) in [7, 11) is 0. The second-order valence-corrected chi connectivity index (χ2v) is 5.62. The average Bonchev–Trinajstić information content (AvgIpc) is 2.93. The van der Waals surface area contributed by atoms with Gasteiger partial charge in [0.05, 0.1) is 16.1 Å². The standard InChI is InChI=1S/C14H15ClFN3O/c15-11-9(5-4-6-10(11)16)12-18-13(19-20-12)14(17)7-2-1-3-8-14/h4-6H,1-3,7-8,17H2. The lowest BCUT2D eigenvalue weighted by atomic mass is 9.82. The molecule has 1 fully saturated rings. The number of aromatic nitrogens is 2. The Bertz CT molecular complexity index is 623. The Hall–Kier alpha value is -1.46. The lowest BCUT2D eigenvalue weighted by molar-refractivity contribution is 0.275. The monoisotopic (exact) mass is 295 g/mol. The van der Waals surface area contributed by atoms with Crippen molar-refractivity contribution in [3.8, 4) is 11.5 Å². The minimum Gasteiger partial charge on any atom is -0.334 e. The van der Waals surface area contributed by atoms with Crippen LogP contribution in [0.2, 0.25) is 5.02 Å². The largest absolute Gasteiger partial charge is 0.334 e. The van der Waals surface area contributed by atoms with Crippen LogP contribution in [0.4, 0.5) is 4.39 Å². The zero-order valence-corrected chi connectivity index (χ0v) is 11.7. The maximum absolute atomic E-state index is 13.5. The van der Waals surface area contributed by atoms with E-state index in [9.17, 15) is 4.39 Å². The van der Waals surface area contributed by atoms with Crippen molar-refractivity contribution < 1.29 is 8.91 Å². The number of hydrogen-bond donors (Lipinski definition) is 1. The van der Waals surface area contributed by atoms with E-state index in [-0.39, 0.29) is 10.9 Å². The SMILES string of the molecule is NC1(c2noc(-c3cccc(F)c3Cl)n2)CCCCC1. The lowest BCUT2D eigenvalue weighted by Gasteiger charge is -2.29. The van der Waals surface area contributed by atoms with Crippen LogP contribution < -0.4 is 5.73 Å². The number of hydrogen-bond acceptors (Lipinski definition) is 4. The van der Waals surface area contributed by atoms with Crippen molar-refractivity contribution >= 4 is 11.6 Å². The zero-order chi connectivity index (χ0) is 14.2. The molecule has 4 nitrogen and oxygen atoms in total. The van der Waals surface area contributed by atoms with Crippen molar-refractivity contribution in [2.45, 2.75) is 37.6 Å². The molecule has 0 amide bonds. The first-order valence-electron chi connectivity index (χ1n) is 6.68. The van der Waals surface area contributed by atoms with E-state index in [1.54, 1.807) is 12.1 Å². The van der Waals surface area contributed by atoms with E-state index in [1.807, 2.05) is 0 Å². The minimum atomic E-state index is -0.542. The fourth-order valence-corrected chi connectivity index (χ4v) is 2.82. The van der Waals surface area contributed by atoms with E-state index in [4.69, 9.17) is 21.9 Å². The van der Waals surface area contributed by atoms with Crippen LogP contribution >= 0.6 is 11.6 Å². The minimum absolute atomic E-state index is 0.0163. The van der Waals surface area contributed by atoms with E-state index in [2.05, 4.69) is 10.1 Å². The molecule has 0 aliphatic heterocycles. The van der Waals surface area contributed by atoms with Crippen molar-refractivity contribution in [3.05, 3.63) is 34.9 Å². The van der Waals surface area contributed by atoms with Gasteiger partial charge in [0.15, 0.2) is 5.82 Å². The van der Waals surface area contributed by atoms with Crippen LogP contribution in [0.5, 0.6) is 0 Å². The predicted octanol–water partition coefficient (Wildman–Crippen LogP) is 3.65. The molecule has 0 unspecified atom stereocenters. The number of halogens is 2. The second-order valence-electron chi connectivity index (χ2n) is 5.24. The van der Waals surface area contributed by atoms with Crippen LogP contribution in [-0.4, -0.2) is 10.1 Å². The summed E-state index contributed by atoms with van der Waals surface area (Å²) in [5.41, 5.74) is 6.20. The quantitative estimate of drug-likeness (QED) is 0.918. The maximum atomic E-state index is 13.5. The molecule has 3 rings (SSSR count). The fraction of sp³-hybridized carbons (Fsp3) is 0.429. The van der Waals surface area contributed by atoms with Crippen molar-refractivity contribution in [1.82, 2.24) is 10.1 Å². The first-order valence-corrected chi connectivity index (χ1v) is 7.05. The molecule has 1 aromatic heterocycles. The Morgan fingerprint density at radius 2 is 2.00 bits per heavy atom. The van der Waals surface area contributed by atoms with Gasteiger partial charge in [-0.2, -0.15) is 4.98 Å². The first kappa shape index (κ1) is 13.5. The Balaban J connectivity index is 1.96. The molecule has 2 N–H and O–H groups in total. The van der Waals surface area contributed by atoms with Gasteiger partial charge >= 0.3 is 0 Å². The third kappa shape index (κ3) is 2.31. The van der Waals surface area contributed by atoms with Crippen LogP contribution in [0.15, 0.2) is 22.7 Å². The highest BCUT2D eigenvalue weighted by molar-refractivity contribution is 6.33. The number of nitrogens with zero attached hydrogens (tertiary/aromatic N) is 2. The van der Waals surface area contributed by atoms with Crippen LogP contribution in [0.3, 0.4) is 0 Å². The van der Waals surface area contributed by atoms with E-state index >= 15 is 0 Å². The first-order chi connectivity index (χ1) is 9.60. The molecule has 106 valence electrons. The highest BCUT2D eigenvalue weighted by atomic mass is 35.5. The summed E-state index contributed by atoms with van der Waals surface area (Å²) in [5, 5.41) is 3.95. The Morgan fingerprint density at radius 1 is 1.25 bits per heavy atom. The predicted molar refractivity (Wildman–Crippen MR) is 73.7 cm³/mol. The van der Waals surface area contributed by atoms with E-state index in [0.29, 0.717) is 11.4 Å². The molecule has 0 radical (unpaired) electrons. The van der Waals surface area contributed by atoms with Crippen LogP contribution in [0.25, 0.3) is 11.5 Å². The molecular formula is C14H15ClFN3O.